The van der Waals surface area contributed by atoms with Gasteiger partial charge in [-0.2, -0.15) is 0 Å². The monoisotopic (exact) mass is 394 g/mol. The van der Waals surface area contributed by atoms with Gasteiger partial charge in [0.2, 0.25) is 5.91 Å². The van der Waals surface area contributed by atoms with Crippen LogP contribution in [0.15, 0.2) is 41.2 Å². The van der Waals surface area contributed by atoms with Crippen LogP contribution in [-0.2, 0) is 16.0 Å². The first-order valence-electron chi connectivity index (χ1n) is 10.0. The summed E-state index contributed by atoms with van der Waals surface area (Å²) in [4.78, 5) is 29.6. The molecule has 2 N–H and O–H groups in total. The van der Waals surface area contributed by atoms with Crippen LogP contribution in [0.2, 0.25) is 0 Å². The van der Waals surface area contributed by atoms with E-state index in [1.807, 2.05) is 44.2 Å². The van der Waals surface area contributed by atoms with E-state index in [-0.39, 0.29) is 17.5 Å². The lowest BCUT2D eigenvalue weighted by Gasteiger charge is -2.20. The fourth-order valence-electron chi connectivity index (χ4n) is 3.73. The Morgan fingerprint density at radius 2 is 2.00 bits per heavy atom. The van der Waals surface area contributed by atoms with Gasteiger partial charge in [0.1, 0.15) is 0 Å². The summed E-state index contributed by atoms with van der Waals surface area (Å²) >= 11 is 0. The zero-order chi connectivity index (χ0) is 20.4. The smallest absolute Gasteiger partial charge is 0.272 e. The molecule has 1 amide bonds. The van der Waals surface area contributed by atoms with Crippen LogP contribution in [-0.4, -0.2) is 33.7 Å². The van der Waals surface area contributed by atoms with Crippen LogP contribution in [0.3, 0.4) is 0 Å². The molecule has 1 aliphatic heterocycles. The van der Waals surface area contributed by atoms with Gasteiger partial charge in [-0.3, -0.25) is 14.7 Å². The summed E-state index contributed by atoms with van der Waals surface area (Å²) in [6.45, 7) is 5.33. The minimum absolute atomic E-state index is 0.0969. The number of hydrogen-bond donors (Lipinski definition) is 2. The molecule has 1 fully saturated rings. The summed E-state index contributed by atoms with van der Waals surface area (Å²) in [5.74, 6) is 0.250. The van der Waals surface area contributed by atoms with Crippen LogP contribution in [0.5, 0.6) is 0 Å². The number of carbonyl (C=O) groups excluding carboxylic acids is 1. The summed E-state index contributed by atoms with van der Waals surface area (Å²) in [7, 11) is 0. The summed E-state index contributed by atoms with van der Waals surface area (Å²) in [5.41, 5.74) is 4.08. The zero-order valence-corrected chi connectivity index (χ0v) is 16.8. The first-order chi connectivity index (χ1) is 14.0. The number of benzene rings is 1. The number of aromatic nitrogens is 3. The van der Waals surface area contributed by atoms with Crippen molar-refractivity contribution >= 4 is 11.6 Å². The second-order valence-corrected chi connectivity index (χ2v) is 7.76. The largest absolute Gasteiger partial charge is 0.381 e. The third kappa shape index (κ3) is 4.40. The maximum absolute atomic E-state index is 12.6. The van der Waals surface area contributed by atoms with E-state index >= 15 is 0 Å². The number of H-pyrrole nitrogens is 1. The van der Waals surface area contributed by atoms with Gasteiger partial charge in [-0.05, 0) is 32.3 Å². The Morgan fingerprint density at radius 3 is 2.72 bits per heavy atom. The molecule has 3 heterocycles. The van der Waals surface area contributed by atoms with Gasteiger partial charge in [-0.25, -0.2) is 9.50 Å². The van der Waals surface area contributed by atoms with Crippen LogP contribution < -0.4 is 10.9 Å². The van der Waals surface area contributed by atoms with E-state index in [0.29, 0.717) is 23.7 Å². The number of fused-ring (bicyclic) bond motifs is 1. The second kappa shape index (κ2) is 8.21. The van der Waals surface area contributed by atoms with Crippen molar-refractivity contribution in [3.8, 4) is 0 Å². The molecule has 0 aliphatic carbocycles. The van der Waals surface area contributed by atoms with Crippen molar-refractivity contribution in [1.29, 1.82) is 0 Å². The van der Waals surface area contributed by atoms with E-state index in [9.17, 15) is 9.59 Å². The molecule has 0 bridgehead atoms. The standard InChI is InChI=1S/C22H26N4O3/c1-14-3-5-16(6-4-14)11-21(27)23-15(2)18-13-22(28)26-20(24-18)12-19(25-26)17-7-9-29-10-8-17/h3-6,12-13,15,17,25H,7-11H2,1-2H3,(H,23,27)/t15-/m0/s1. The maximum Gasteiger partial charge on any atom is 0.272 e. The average Bonchev–Trinajstić information content (AvgIpc) is 3.15. The first kappa shape index (κ1) is 19.4. The SMILES string of the molecule is Cc1ccc(CC(=O)N[C@@H](C)c2cc(=O)n3[nH]c(C4CCOCC4)cc3n2)cc1. The predicted octanol–water partition coefficient (Wildman–Crippen LogP) is 2.64. The molecule has 7 heteroatoms. The van der Waals surface area contributed by atoms with Gasteiger partial charge in [0.05, 0.1) is 18.2 Å². The van der Waals surface area contributed by atoms with Crippen molar-refractivity contribution in [3.63, 3.8) is 0 Å². The van der Waals surface area contributed by atoms with Crippen molar-refractivity contribution in [2.24, 2.45) is 0 Å². The lowest BCUT2D eigenvalue weighted by atomic mass is 9.97. The van der Waals surface area contributed by atoms with Crippen molar-refractivity contribution in [2.45, 2.75) is 45.1 Å². The molecule has 4 rings (SSSR count). The summed E-state index contributed by atoms with van der Waals surface area (Å²) in [5, 5.41) is 6.12. The Kier molecular flexibility index (Phi) is 5.49. The number of aromatic amines is 1. The molecule has 2 aromatic heterocycles. The van der Waals surface area contributed by atoms with Crippen molar-refractivity contribution in [3.05, 3.63) is 69.3 Å². The van der Waals surface area contributed by atoms with E-state index in [4.69, 9.17) is 4.74 Å². The highest BCUT2D eigenvalue weighted by atomic mass is 16.5. The quantitative estimate of drug-likeness (QED) is 0.696. The number of ether oxygens (including phenoxy) is 1. The van der Waals surface area contributed by atoms with E-state index in [1.165, 1.54) is 10.6 Å². The third-order valence-electron chi connectivity index (χ3n) is 5.46. The molecule has 7 nitrogen and oxygen atoms in total. The maximum atomic E-state index is 12.6. The van der Waals surface area contributed by atoms with E-state index < -0.39 is 0 Å². The number of rotatable bonds is 5. The van der Waals surface area contributed by atoms with E-state index in [1.54, 1.807) is 0 Å². The van der Waals surface area contributed by atoms with Crippen LogP contribution in [0.1, 0.15) is 54.2 Å². The zero-order valence-electron chi connectivity index (χ0n) is 16.8. The first-order valence-corrected chi connectivity index (χ1v) is 10.0. The summed E-state index contributed by atoms with van der Waals surface area (Å²) in [6, 6.07) is 10.9. The molecule has 1 aliphatic rings. The van der Waals surface area contributed by atoms with Gasteiger partial charge in [0, 0.05) is 37.0 Å². The Balaban J connectivity index is 1.49. The second-order valence-electron chi connectivity index (χ2n) is 7.76. The Labute approximate surface area is 169 Å². The third-order valence-corrected chi connectivity index (χ3v) is 5.46. The molecule has 0 unspecified atom stereocenters. The van der Waals surface area contributed by atoms with Crippen LogP contribution in [0.25, 0.3) is 5.65 Å². The normalized spacial score (nSPS) is 16.1. The Morgan fingerprint density at radius 1 is 1.28 bits per heavy atom. The summed E-state index contributed by atoms with van der Waals surface area (Å²) in [6.07, 6.45) is 2.16. The molecule has 1 aromatic carbocycles. The summed E-state index contributed by atoms with van der Waals surface area (Å²) < 4.78 is 6.88. The van der Waals surface area contributed by atoms with Crippen molar-refractivity contribution in [1.82, 2.24) is 19.9 Å². The van der Waals surface area contributed by atoms with Crippen LogP contribution >= 0.6 is 0 Å². The molecule has 1 atom stereocenters. The number of nitrogens with zero attached hydrogens (tertiary/aromatic N) is 2. The number of hydrogen-bond acceptors (Lipinski definition) is 4. The predicted molar refractivity (Wildman–Crippen MR) is 110 cm³/mol. The van der Waals surface area contributed by atoms with Gasteiger partial charge in [0.15, 0.2) is 5.65 Å². The van der Waals surface area contributed by atoms with Gasteiger partial charge in [-0.15, -0.1) is 0 Å². The molecule has 29 heavy (non-hydrogen) atoms. The molecular weight excluding hydrogens is 368 g/mol. The van der Waals surface area contributed by atoms with Gasteiger partial charge in [0.25, 0.3) is 5.56 Å². The van der Waals surface area contributed by atoms with Crippen molar-refractivity contribution in [2.75, 3.05) is 13.2 Å². The number of nitrogens with one attached hydrogen (secondary N) is 2. The molecule has 0 radical (unpaired) electrons. The highest BCUT2D eigenvalue weighted by molar-refractivity contribution is 5.79. The molecule has 0 spiro atoms. The number of carbonyl (C=O) groups is 1. The molecular formula is C22H26N4O3. The average molecular weight is 394 g/mol. The van der Waals surface area contributed by atoms with Crippen LogP contribution in [0.4, 0.5) is 0 Å². The molecule has 1 saturated heterocycles. The lowest BCUT2D eigenvalue weighted by Crippen LogP contribution is -2.30. The fraction of sp³-hybridized carbons (Fsp3) is 0.409. The Hall–Kier alpha value is -2.93. The van der Waals surface area contributed by atoms with Gasteiger partial charge >= 0.3 is 0 Å². The number of amides is 1. The molecule has 0 saturated carbocycles. The van der Waals surface area contributed by atoms with Crippen LogP contribution in [0, 0.1) is 6.92 Å². The highest BCUT2D eigenvalue weighted by Gasteiger charge is 2.20. The van der Waals surface area contributed by atoms with E-state index in [2.05, 4.69) is 15.4 Å². The fourth-order valence-corrected chi connectivity index (χ4v) is 3.73. The minimum atomic E-state index is -0.355. The Bertz CT molecular complexity index is 1060. The van der Waals surface area contributed by atoms with E-state index in [0.717, 1.165) is 42.9 Å². The molecule has 3 aromatic rings. The van der Waals surface area contributed by atoms with Crippen molar-refractivity contribution < 1.29 is 9.53 Å². The minimum Gasteiger partial charge on any atom is -0.381 e. The lowest BCUT2D eigenvalue weighted by molar-refractivity contribution is -0.121. The van der Waals surface area contributed by atoms with Gasteiger partial charge in [-0.1, -0.05) is 29.8 Å². The number of aryl methyl sites for hydroxylation is 1. The topological polar surface area (TPSA) is 88.5 Å². The van der Waals surface area contributed by atoms with Gasteiger partial charge < -0.3 is 10.1 Å². The molecule has 152 valence electrons. The highest BCUT2D eigenvalue weighted by Crippen LogP contribution is 2.26.